The average molecular weight is 395 g/mol. The van der Waals surface area contributed by atoms with Gasteiger partial charge >= 0.3 is 12.3 Å². The Morgan fingerprint density at radius 1 is 1.11 bits per heavy atom. The molecule has 0 N–H and O–H groups in total. The predicted molar refractivity (Wildman–Crippen MR) is 99.9 cm³/mol. The third kappa shape index (κ3) is 6.27. The van der Waals surface area contributed by atoms with Gasteiger partial charge in [0.2, 0.25) is 0 Å². The van der Waals surface area contributed by atoms with E-state index in [9.17, 15) is 18.0 Å². The first-order chi connectivity index (χ1) is 13.2. The fraction of sp³-hybridized carbons (Fsp3) is 0.381. The van der Waals surface area contributed by atoms with Crippen molar-refractivity contribution in [1.82, 2.24) is 4.90 Å². The molecule has 0 amide bonds. The summed E-state index contributed by atoms with van der Waals surface area (Å²) in [5.41, 5.74) is 1.47. The van der Waals surface area contributed by atoms with Crippen LogP contribution in [0.25, 0.3) is 0 Å². The molecule has 152 valence electrons. The molecule has 0 aliphatic rings. The van der Waals surface area contributed by atoms with Gasteiger partial charge in [0.15, 0.2) is 0 Å². The molecule has 0 aliphatic carbocycles. The SMILES string of the molecule is CCOC(=O)C(c1cccc(OC(F)(F)F)c1)C(C)N(C)Cc1ccccc1. The van der Waals surface area contributed by atoms with Crippen molar-refractivity contribution in [2.75, 3.05) is 13.7 Å². The van der Waals surface area contributed by atoms with Gasteiger partial charge in [-0.05, 0) is 44.2 Å². The lowest BCUT2D eigenvalue weighted by Crippen LogP contribution is -2.38. The fourth-order valence-corrected chi connectivity index (χ4v) is 3.02. The summed E-state index contributed by atoms with van der Waals surface area (Å²) in [6.45, 7) is 4.30. The fourth-order valence-electron chi connectivity index (χ4n) is 3.02. The second-order valence-corrected chi connectivity index (χ2v) is 6.49. The minimum absolute atomic E-state index is 0.184. The first-order valence-electron chi connectivity index (χ1n) is 8.97. The maximum Gasteiger partial charge on any atom is 0.573 e. The molecular weight excluding hydrogens is 371 g/mol. The van der Waals surface area contributed by atoms with E-state index in [-0.39, 0.29) is 18.4 Å². The van der Waals surface area contributed by atoms with Crippen LogP contribution in [-0.2, 0) is 16.1 Å². The summed E-state index contributed by atoms with van der Waals surface area (Å²) in [5, 5.41) is 0. The molecule has 2 unspecified atom stereocenters. The maximum atomic E-state index is 12.6. The highest BCUT2D eigenvalue weighted by Crippen LogP contribution is 2.30. The van der Waals surface area contributed by atoms with Gasteiger partial charge in [0.05, 0.1) is 12.5 Å². The first-order valence-corrected chi connectivity index (χ1v) is 8.97. The van der Waals surface area contributed by atoms with Crippen molar-refractivity contribution in [3.8, 4) is 5.75 Å². The molecule has 7 heteroatoms. The largest absolute Gasteiger partial charge is 0.573 e. The minimum Gasteiger partial charge on any atom is -0.465 e. The molecule has 0 radical (unpaired) electrons. The molecule has 4 nitrogen and oxygen atoms in total. The van der Waals surface area contributed by atoms with Crippen molar-refractivity contribution in [1.29, 1.82) is 0 Å². The van der Waals surface area contributed by atoms with E-state index in [0.717, 1.165) is 5.56 Å². The Morgan fingerprint density at radius 2 is 1.79 bits per heavy atom. The number of ether oxygens (including phenoxy) is 2. The summed E-state index contributed by atoms with van der Waals surface area (Å²) in [4.78, 5) is 14.6. The predicted octanol–water partition coefficient (Wildman–Crippen LogP) is 4.75. The molecule has 2 aromatic carbocycles. The zero-order chi connectivity index (χ0) is 20.7. The molecule has 2 aromatic rings. The zero-order valence-corrected chi connectivity index (χ0v) is 16.1. The Labute approximate surface area is 162 Å². The molecule has 0 fully saturated rings. The summed E-state index contributed by atoms with van der Waals surface area (Å²) < 4.78 is 46.9. The first kappa shape index (κ1) is 21.8. The van der Waals surface area contributed by atoms with Crippen LogP contribution in [0.2, 0.25) is 0 Å². The van der Waals surface area contributed by atoms with Crippen LogP contribution in [0, 0.1) is 0 Å². The molecule has 28 heavy (non-hydrogen) atoms. The van der Waals surface area contributed by atoms with E-state index in [1.807, 2.05) is 49.2 Å². The highest BCUT2D eigenvalue weighted by molar-refractivity contribution is 5.79. The van der Waals surface area contributed by atoms with Crippen LogP contribution in [-0.4, -0.2) is 36.9 Å². The third-order valence-electron chi connectivity index (χ3n) is 4.44. The molecule has 2 rings (SSSR count). The van der Waals surface area contributed by atoms with Gasteiger partial charge in [-0.15, -0.1) is 13.2 Å². The van der Waals surface area contributed by atoms with Gasteiger partial charge in [-0.2, -0.15) is 0 Å². The number of hydrogen-bond donors (Lipinski definition) is 0. The number of rotatable bonds is 8. The lowest BCUT2D eigenvalue weighted by atomic mass is 9.91. The summed E-state index contributed by atoms with van der Waals surface area (Å²) in [7, 11) is 1.86. The highest BCUT2D eigenvalue weighted by atomic mass is 19.4. The maximum absolute atomic E-state index is 12.6. The smallest absolute Gasteiger partial charge is 0.465 e. The van der Waals surface area contributed by atoms with E-state index in [2.05, 4.69) is 4.74 Å². The standard InChI is InChI=1S/C21H24F3NO3/c1-4-27-20(26)19(15(2)25(3)14-16-9-6-5-7-10-16)17-11-8-12-18(13-17)28-21(22,23)24/h5-13,15,19H,4,14H2,1-3H3. The minimum atomic E-state index is -4.80. The molecule has 0 saturated heterocycles. The topological polar surface area (TPSA) is 38.8 Å². The Hall–Kier alpha value is -2.54. The van der Waals surface area contributed by atoms with Crippen LogP contribution in [0.1, 0.15) is 30.9 Å². The van der Waals surface area contributed by atoms with Crippen LogP contribution in [0.4, 0.5) is 13.2 Å². The average Bonchev–Trinajstić information content (AvgIpc) is 2.62. The van der Waals surface area contributed by atoms with Crippen LogP contribution in [0.3, 0.4) is 0 Å². The Kier molecular flexibility index (Phi) is 7.45. The lowest BCUT2D eigenvalue weighted by molar-refractivity contribution is -0.274. The summed E-state index contributed by atoms with van der Waals surface area (Å²) >= 11 is 0. The van der Waals surface area contributed by atoms with E-state index in [4.69, 9.17) is 4.74 Å². The molecule has 0 aromatic heterocycles. The monoisotopic (exact) mass is 395 g/mol. The number of benzene rings is 2. The highest BCUT2D eigenvalue weighted by Gasteiger charge is 2.34. The summed E-state index contributed by atoms with van der Waals surface area (Å²) in [6.07, 6.45) is -4.80. The van der Waals surface area contributed by atoms with E-state index >= 15 is 0 Å². The van der Waals surface area contributed by atoms with Crippen molar-refractivity contribution in [2.45, 2.75) is 38.7 Å². The molecule has 2 atom stereocenters. The van der Waals surface area contributed by atoms with Crippen molar-refractivity contribution in [3.63, 3.8) is 0 Å². The molecule has 0 spiro atoms. The van der Waals surface area contributed by atoms with Crippen LogP contribution < -0.4 is 4.74 Å². The third-order valence-corrected chi connectivity index (χ3v) is 4.44. The molecule has 0 heterocycles. The Morgan fingerprint density at radius 3 is 2.39 bits per heavy atom. The number of nitrogens with zero attached hydrogens (tertiary/aromatic N) is 1. The second-order valence-electron chi connectivity index (χ2n) is 6.49. The Balaban J connectivity index is 2.28. The van der Waals surface area contributed by atoms with Gasteiger partial charge in [-0.1, -0.05) is 42.5 Å². The number of carbonyl (C=O) groups excluding carboxylic acids is 1. The van der Waals surface area contributed by atoms with Crippen LogP contribution in [0.15, 0.2) is 54.6 Å². The number of esters is 1. The van der Waals surface area contributed by atoms with Crippen molar-refractivity contribution in [2.24, 2.45) is 0 Å². The lowest BCUT2D eigenvalue weighted by Gasteiger charge is -2.31. The number of hydrogen-bond acceptors (Lipinski definition) is 4. The Bertz CT molecular complexity index is 765. The van der Waals surface area contributed by atoms with Gasteiger partial charge in [-0.3, -0.25) is 9.69 Å². The number of carbonyl (C=O) groups is 1. The normalized spacial score (nSPS) is 13.8. The van der Waals surface area contributed by atoms with Gasteiger partial charge in [-0.25, -0.2) is 0 Å². The van der Waals surface area contributed by atoms with Crippen molar-refractivity contribution >= 4 is 5.97 Å². The van der Waals surface area contributed by atoms with E-state index < -0.39 is 18.2 Å². The summed E-state index contributed by atoms with van der Waals surface area (Å²) in [5.74, 6) is -1.61. The van der Waals surface area contributed by atoms with Gasteiger partial charge in [0.1, 0.15) is 5.75 Å². The zero-order valence-electron chi connectivity index (χ0n) is 16.1. The number of halogens is 3. The van der Waals surface area contributed by atoms with Gasteiger partial charge in [0.25, 0.3) is 0 Å². The van der Waals surface area contributed by atoms with E-state index in [1.54, 1.807) is 13.0 Å². The van der Waals surface area contributed by atoms with Gasteiger partial charge in [0, 0.05) is 12.6 Å². The second kappa shape index (κ2) is 9.59. The van der Waals surface area contributed by atoms with E-state index in [0.29, 0.717) is 12.1 Å². The van der Waals surface area contributed by atoms with Crippen LogP contribution in [0.5, 0.6) is 5.75 Å². The number of alkyl halides is 3. The summed E-state index contributed by atoms with van der Waals surface area (Å²) in [6, 6.07) is 14.9. The molecule has 0 aliphatic heterocycles. The van der Waals surface area contributed by atoms with E-state index in [1.165, 1.54) is 18.2 Å². The quantitative estimate of drug-likeness (QED) is 0.605. The van der Waals surface area contributed by atoms with Crippen molar-refractivity contribution in [3.05, 3.63) is 65.7 Å². The number of likely N-dealkylation sites (N-methyl/N-ethyl adjacent to an activating group) is 1. The van der Waals surface area contributed by atoms with Crippen LogP contribution >= 0.6 is 0 Å². The molecule has 0 bridgehead atoms. The van der Waals surface area contributed by atoms with Crippen molar-refractivity contribution < 1.29 is 27.4 Å². The van der Waals surface area contributed by atoms with Gasteiger partial charge < -0.3 is 9.47 Å². The molecule has 0 saturated carbocycles. The molecular formula is C21H24F3NO3.